The lowest BCUT2D eigenvalue weighted by Crippen LogP contribution is -1.92. The van der Waals surface area contributed by atoms with Crippen LogP contribution in [0, 0.1) is 0 Å². The number of aliphatic imine (C=N–C) groups is 2. The summed E-state index contributed by atoms with van der Waals surface area (Å²) in [6.45, 7) is 0. The molecule has 0 aliphatic carbocycles. The van der Waals surface area contributed by atoms with Crippen molar-refractivity contribution in [3.05, 3.63) is 17.5 Å². The van der Waals surface area contributed by atoms with E-state index < -0.39 is 0 Å². The van der Waals surface area contributed by atoms with Crippen LogP contribution in [0.25, 0.3) is 0 Å². The summed E-state index contributed by atoms with van der Waals surface area (Å²) in [5.41, 5.74) is 0. The number of hydrogen-bond donors (Lipinski definition) is 0. The van der Waals surface area contributed by atoms with E-state index in [9.17, 15) is 9.59 Å². The Morgan fingerprint density at radius 2 is 1.88 bits per heavy atom. The molecule has 0 atom stereocenters. The zero-order chi connectivity index (χ0) is 12.3. The summed E-state index contributed by atoms with van der Waals surface area (Å²) >= 11 is 6.33. The Kier molecular flexibility index (Phi) is 8.17. The largest absolute Gasteiger partial charge is 0.235 e. The molecule has 90 valence electrons. The normalized spacial score (nSPS) is 11.3. The van der Waals surface area contributed by atoms with Gasteiger partial charge in [0.05, 0.1) is 16.0 Å². The van der Waals surface area contributed by atoms with E-state index in [1.54, 1.807) is 23.1 Å². The van der Waals surface area contributed by atoms with Crippen LogP contribution in [0.15, 0.2) is 31.7 Å². The smallest absolute Gasteiger partial charge is 0.211 e. The molecule has 0 unspecified atom stereocenters. The van der Waals surface area contributed by atoms with Gasteiger partial charge in [0.25, 0.3) is 0 Å². The van der Waals surface area contributed by atoms with Crippen molar-refractivity contribution in [2.45, 2.75) is 8.12 Å². The Balaban J connectivity index is 2.45. The number of nitrogens with zero attached hydrogens (tertiary/aromatic N) is 2. The first-order valence-corrected chi connectivity index (χ1v) is 8.23. The van der Waals surface area contributed by atoms with Crippen LogP contribution < -0.4 is 0 Å². The Morgan fingerprint density at radius 3 is 2.35 bits per heavy atom. The van der Waals surface area contributed by atoms with Crippen molar-refractivity contribution in [3.63, 3.8) is 0 Å². The third-order valence-corrected chi connectivity index (χ3v) is 6.50. The molecule has 0 saturated carbocycles. The second kappa shape index (κ2) is 9.53. The molecule has 4 nitrogen and oxygen atoms in total. The van der Waals surface area contributed by atoms with Gasteiger partial charge in [0.2, 0.25) is 12.2 Å². The predicted octanol–water partition coefficient (Wildman–Crippen LogP) is 3.18. The van der Waals surface area contributed by atoms with Crippen LogP contribution in [0.2, 0.25) is 0 Å². The van der Waals surface area contributed by atoms with E-state index in [4.69, 9.17) is 0 Å². The molecule has 0 N–H and O–H groups in total. The fourth-order valence-electron chi connectivity index (χ4n) is 0.790. The molecule has 0 radical (unpaired) electrons. The molecule has 0 aliphatic heterocycles. The molecule has 0 fully saturated rings. The number of hydrogen-bond acceptors (Lipinski definition) is 8. The minimum absolute atomic E-state index is 0.142. The van der Waals surface area contributed by atoms with Gasteiger partial charge in [-0.05, 0) is 11.4 Å². The van der Waals surface area contributed by atoms with Gasteiger partial charge in [-0.1, -0.05) is 17.8 Å². The highest BCUT2D eigenvalue weighted by atomic mass is 32.3. The Bertz CT molecular complexity index is 389. The Hall–Kier alpha value is -0.490. The van der Waals surface area contributed by atoms with Crippen molar-refractivity contribution in [1.82, 2.24) is 0 Å². The summed E-state index contributed by atoms with van der Waals surface area (Å²) in [6.07, 6.45) is 3.00. The van der Waals surface area contributed by atoms with Gasteiger partial charge in [0, 0.05) is 0 Å². The first-order valence-electron chi connectivity index (χ1n) is 4.37. The summed E-state index contributed by atoms with van der Waals surface area (Å²) in [5, 5.41) is 2.00. The molecular weight excluding hydrogens is 296 g/mol. The van der Waals surface area contributed by atoms with Gasteiger partial charge in [-0.25, -0.2) is 9.59 Å². The molecular formula is C9H8N2O2S4. The van der Waals surface area contributed by atoms with Gasteiger partial charge in [-0.2, -0.15) is 9.98 Å². The average Bonchev–Trinajstić information content (AvgIpc) is 2.82. The van der Waals surface area contributed by atoms with Crippen LogP contribution in [0.3, 0.4) is 0 Å². The van der Waals surface area contributed by atoms with Crippen LogP contribution in [-0.2, 0) is 9.59 Å². The Labute approximate surface area is 115 Å². The third kappa shape index (κ3) is 6.73. The fourth-order valence-corrected chi connectivity index (χ4v) is 5.41. The molecule has 17 heavy (non-hydrogen) atoms. The summed E-state index contributed by atoms with van der Waals surface area (Å²) in [6, 6.07) is 4.00. The molecule has 8 heteroatoms. The maximum atomic E-state index is 9.98. The van der Waals surface area contributed by atoms with Gasteiger partial charge in [0.15, 0.2) is 0 Å². The van der Waals surface area contributed by atoms with Crippen LogP contribution in [0.5, 0.6) is 0 Å². The SMILES string of the molecule is O=C=NCSC(SCN=C=O)Sc1cccs1. The van der Waals surface area contributed by atoms with Gasteiger partial charge in [0.1, 0.15) is 3.91 Å². The molecule has 0 aromatic carbocycles. The molecule has 0 saturated heterocycles. The molecule has 1 aromatic heterocycles. The molecule has 1 heterocycles. The molecule has 0 spiro atoms. The molecule has 1 aromatic rings. The van der Waals surface area contributed by atoms with Crippen LogP contribution in [-0.4, -0.2) is 27.8 Å². The van der Waals surface area contributed by atoms with E-state index in [1.807, 2.05) is 17.5 Å². The number of thioether (sulfide) groups is 3. The highest BCUT2D eigenvalue weighted by Gasteiger charge is 2.11. The summed E-state index contributed by atoms with van der Waals surface area (Å²) in [5.74, 6) is 0.731. The predicted molar refractivity (Wildman–Crippen MR) is 75.1 cm³/mol. The summed E-state index contributed by atoms with van der Waals surface area (Å²) in [4.78, 5) is 26.9. The van der Waals surface area contributed by atoms with Gasteiger partial charge < -0.3 is 0 Å². The van der Waals surface area contributed by atoms with Crippen molar-refractivity contribution < 1.29 is 9.59 Å². The van der Waals surface area contributed by atoms with Crippen molar-refractivity contribution >= 4 is 58.8 Å². The fraction of sp³-hybridized carbons (Fsp3) is 0.333. The monoisotopic (exact) mass is 304 g/mol. The van der Waals surface area contributed by atoms with Crippen molar-refractivity contribution in [2.75, 3.05) is 11.8 Å². The number of carbonyl (C=O) groups excluding carboxylic acids is 2. The van der Waals surface area contributed by atoms with Crippen LogP contribution >= 0.6 is 46.6 Å². The quantitative estimate of drug-likeness (QED) is 0.319. The number of thiophene rings is 1. The zero-order valence-electron chi connectivity index (χ0n) is 8.57. The van der Waals surface area contributed by atoms with E-state index >= 15 is 0 Å². The molecule has 1 rings (SSSR count). The zero-order valence-corrected chi connectivity index (χ0v) is 11.8. The van der Waals surface area contributed by atoms with Gasteiger partial charge in [-0.3, -0.25) is 0 Å². The second-order valence-corrected chi connectivity index (χ2v) is 7.80. The van der Waals surface area contributed by atoms with Crippen molar-refractivity contribution in [1.29, 1.82) is 0 Å². The van der Waals surface area contributed by atoms with Gasteiger partial charge >= 0.3 is 0 Å². The minimum atomic E-state index is 0.142. The molecule has 0 amide bonds. The highest BCUT2D eigenvalue weighted by molar-refractivity contribution is 8.32. The van der Waals surface area contributed by atoms with Crippen LogP contribution in [0.4, 0.5) is 0 Å². The molecule has 0 bridgehead atoms. The number of isocyanates is 2. The van der Waals surface area contributed by atoms with Crippen molar-refractivity contribution in [2.24, 2.45) is 9.98 Å². The first kappa shape index (κ1) is 14.6. The van der Waals surface area contributed by atoms with E-state index in [0.717, 1.165) is 0 Å². The second-order valence-electron chi connectivity index (χ2n) is 2.43. The van der Waals surface area contributed by atoms with Crippen molar-refractivity contribution in [3.8, 4) is 0 Å². The number of rotatable bonds is 8. The molecule has 0 aliphatic rings. The minimum Gasteiger partial charge on any atom is -0.211 e. The first-order chi connectivity index (χ1) is 8.36. The van der Waals surface area contributed by atoms with Gasteiger partial charge in [-0.15, -0.1) is 34.9 Å². The lowest BCUT2D eigenvalue weighted by molar-refractivity contribution is 0.563. The maximum Gasteiger partial charge on any atom is 0.235 e. The topological polar surface area (TPSA) is 58.9 Å². The van der Waals surface area contributed by atoms with E-state index in [-0.39, 0.29) is 3.91 Å². The van der Waals surface area contributed by atoms with E-state index in [1.165, 1.54) is 39.9 Å². The lowest BCUT2D eigenvalue weighted by Gasteiger charge is -2.11. The Morgan fingerprint density at radius 1 is 1.24 bits per heavy atom. The standard InChI is InChI=1S/C9H8N2O2S4/c12-4-10-6-15-9(16-7-11-5-13)17-8-2-1-3-14-8/h1-3,9H,6-7H2. The summed E-state index contributed by atoms with van der Waals surface area (Å²) < 4.78 is 1.32. The average molecular weight is 304 g/mol. The highest BCUT2D eigenvalue weighted by Crippen LogP contribution is 2.40. The maximum absolute atomic E-state index is 9.98. The van der Waals surface area contributed by atoms with Crippen LogP contribution in [0.1, 0.15) is 0 Å². The van der Waals surface area contributed by atoms with E-state index in [2.05, 4.69) is 9.98 Å². The summed E-state index contributed by atoms with van der Waals surface area (Å²) in [7, 11) is 0. The van der Waals surface area contributed by atoms with E-state index in [0.29, 0.717) is 11.8 Å². The third-order valence-electron chi connectivity index (χ3n) is 1.39. The lowest BCUT2D eigenvalue weighted by atomic mass is 10.7.